The Hall–Kier alpha value is -2.71. The number of methoxy groups -OCH3 is 1. The van der Waals surface area contributed by atoms with Crippen LogP contribution in [-0.4, -0.2) is 32.3 Å². The fourth-order valence-corrected chi connectivity index (χ4v) is 1.79. The third-order valence-corrected chi connectivity index (χ3v) is 2.88. The van der Waals surface area contributed by atoms with Crippen molar-refractivity contribution in [3.8, 4) is 5.75 Å². The number of esters is 2. The Labute approximate surface area is 142 Å². The van der Waals surface area contributed by atoms with Crippen LogP contribution in [0.1, 0.15) is 19.4 Å². The maximum atomic E-state index is 12.8. The topological polar surface area (TPSA) is 73.9 Å². The lowest BCUT2D eigenvalue weighted by Gasteiger charge is -2.13. The van der Waals surface area contributed by atoms with Crippen molar-refractivity contribution in [2.75, 3.05) is 25.6 Å². The van der Waals surface area contributed by atoms with Gasteiger partial charge in [-0.1, -0.05) is 0 Å². The number of rotatable bonds is 7. The minimum Gasteiger partial charge on any atom is -0.496 e. The molecule has 0 bridgehead atoms. The molecule has 0 saturated carbocycles. The number of carbonyl (C=O) groups excluding carboxylic acids is 2. The summed E-state index contributed by atoms with van der Waals surface area (Å²) in [6.45, 7) is 3.22. The molecule has 138 valence electrons. The van der Waals surface area contributed by atoms with E-state index in [4.69, 9.17) is 14.2 Å². The predicted octanol–water partition coefficient (Wildman–Crippen LogP) is 3.14. The third-order valence-electron chi connectivity index (χ3n) is 2.88. The summed E-state index contributed by atoms with van der Waals surface area (Å²) in [5, 5.41) is 2.57. The van der Waals surface area contributed by atoms with Crippen LogP contribution in [0.4, 0.5) is 18.9 Å². The smallest absolute Gasteiger partial charge is 0.419 e. The van der Waals surface area contributed by atoms with E-state index >= 15 is 0 Å². The van der Waals surface area contributed by atoms with Crippen LogP contribution < -0.4 is 10.1 Å². The van der Waals surface area contributed by atoms with Gasteiger partial charge in [0.2, 0.25) is 0 Å². The number of anilines is 1. The highest BCUT2D eigenvalue weighted by molar-refractivity contribution is 6.14. The maximum absolute atomic E-state index is 12.8. The molecule has 1 aromatic carbocycles. The average molecular weight is 361 g/mol. The molecule has 0 heterocycles. The Bertz CT molecular complexity index is 636. The van der Waals surface area contributed by atoms with Gasteiger partial charge < -0.3 is 19.5 Å². The molecular formula is C16H18F3NO5. The Morgan fingerprint density at radius 1 is 1.12 bits per heavy atom. The second-order valence-corrected chi connectivity index (χ2v) is 4.56. The zero-order chi connectivity index (χ0) is 19.0. The Morgan fingerprint density at radius 2 is 1.68 bits per heavy atom. The highest BCUT2D eigenvalue weighted by Crippen LogP contribution is 2.37. The van der Waals surface area contributed by atoms with Gasteiger partial charge in [0.05, 0.1) is 25.9 Å². The van der Waals surface area contributed by atoms with Crippen LogP contribution >= 0.6 is 0 Å². The highest BCUT2D eigenvalue weighted by Gasteiger charge is 2.34. The summed E-state index contributed by atoms with van der Waals surface area (Å²) in [5.74, 6) is -2.22. The lowest BCUT2D eigenvalue weighted by Crippen LogP contribution is -2.19. The molecule has 0 aliphatic carbocycles. The van der Waals surface area contributed by atoms with Crippen molar-refractivity contribution in [2.24, 2.45) is 0 Å². The molecule has 0 atom stereocenters. The molecule has 0 aliphatic rings. The van der Waals surface area contributed by atoms with E-state index in [-0.39, 0.29) is 18.9 Å². The molecule has 25 heavy (non-hydrogen) atoms. The molecule has 6 nitrogen and oxygen atoms in total. The van der Waals surface area contributed by atoms with Crippen LogP contribution in [0.5, 0.6) is 5.75 Å². The Morgan fingerprint density at radius 3 is 2.12 bits per heavy atom. The molecule has 0 fully saturated rings. The fraction of sp³-hybridized carbons (Fsp3) is 0.375. The van der Waals surface area contributed by atoms with E-state index in [9.17, 15) is 22.8 Å². The minimum atomic E-state index is -4.57. The van der Waals surface area contributed by atoms with E-state index in [1.807, 2.05) is 0 Å². The molecule has 0 spiro atoms. The first-order valence-corrected chi connectivity index (χ1v) is 7.30. The number of alkyl halides is 3. The van der Waals surface area contributed by atoms with Crippen molar-refractivity contribution in [2.45, 2.75) is 20.0 Å². The van der Waals surface area contributed by atoms with Gasteiger partial charge in [-0.25, -0.2) is 9.59 Å². The third kappa shape index (κ3) is 5.70. The molecule has 1 aromatic rings. The lowest BCUT2D eigenvalue weighted by atomic mass is 10.1. The van der Waals surface area contributed by atoms with Gasteiger partial charge in [0.15, 0.2) is 5.57 Å². The van der Waals surface area contributed by atoms with Gasteiger partial charge in [-0.3, -0.25) is 0 Å². The Balaban J connectivity index is 3.10. The van der Waals surface area contributed by atoms with E-state index in [0.29, 0.717) is 0 Å². The first-order valence-electron chi connectivity index (χ1n) is 7.30. The van der Waals surface area contributed by atoms with E-state index in [2.05, 4.69) is 5.32 Å². The second-order valence-electron chi connectivity index (χ2n) is 4.56. The van der Waals surface area contributed by atoms with Crippen molar-refractivity contribution >= 4 is 17.6 Å². The van der Waals surface area contributed by atoms with Gasteiger partial charge in [-0.2, -0.15) is 13.2 Å². The van der Waals surface area contributed by atoms with Crippen LogP contribution in [0.2, 0.25) is 0 Å². The summed E-state index contributed by atoms with van der Waals surface area (Å²) in [7, 11) is 1.10. The lowest BCUT2D eigenvalue weighted by molar-refractivity contribution is -0.146. The highest BCUT2D eigenvalue weighted by atomic mass is 19.4. The van der Waals surface area contributed by atoms with Crippen molar-refractivity contribution < 1.29 is 37.0 Å². The summed E-state index contributed by atoms with van der Waals surface area (Å²) in [6.07, 6.45) is -3.56. The predicted molar refractivity (Wildman–Crippen MR) is 83.0 cm³/mol. The van der Waals surface area contributed by atoms with Crippen molar-refractivity contribution in [3.05, 3.63) is 35.5 Å². The fourth-order valence-electron chi connectivity index (χ4n) is 1.79. The van der Waals surface area contributed by atoms with E-state index < -0.39 is 35.0 Å². The molecule has 9 heteroatoms. The van der Waals surface area contributed by atoms with Gasteiger partial charge in [-0.15, -0.1) is 0 Å². The maximum Gasteiger partial charge on any atom is 0.419 e. The molecule has 1 rings (SSSR count). The molecule has 0 aromatic heterocycles. The van der Waals surface area contributed by atoms with Gasteiger partial charge in [0.1, 0.15) is 5.75 Å². The number of ether oxygens (including phenoxy) is 3. The first kappa shape index (κ1) is 20.3. The standard InChI is InChI=1S/C16H18F3NO5/c1-4-24-14(21)11(15(22)25-5-2)9-20-10-6-7-12(16(17,18)19)13(8-10)23-3/h6-9,20H,4-5H2,1-3H3. The summed E-state index contributed by atoms with van der Waals surface area (Å²) in [6, 6.07) is 3.05. The van der Waals surface area contributed by atoms with Crippen LogP contribution in [0, 0.1) is 0 Å². The van der Waals surface area contributed by atoms with E-state index in [0.717, 1.165) is 31.5 Å². The van der Waals surface area contributed by atoms with Gasteiger partial charge in [0, 0.05) is 18.0 Å². The van der Waals surface area contributed by atoms with E-state index in [1.165, 1.54) is 0 Å². The number of hydrogen-bond acceptors (Lipinski definition) is 6. The first-order chi connectivity index (χ1) is 11.7. The Kier molecular flexibility index (Phi) is 7.28. The minimum absolute atomic E-state index is 0.0453. The zero-order valence-electron chi connectivity index (χ0n) is 13.9. The second kappa shape index (κ2) is 8.95. The van der Waals surface area contributed by atoms with Crippen molar-refractivity contribution in [1.29, 1.82) is 0 Å². The van der Waals surface area contributed by atoms with Gasteiger partial charge >= 0.3 is 18.1 Å². The summed E-state index contributed by atoms with van der Waals surface area (Å²) in [4.78, 5) is 23.6. The largest absolute Gasteiger partial charge is 0.496 e. The van der Waals surface area contributed by atoms with E-state index in [1.54, 1.807) is 13.8 Å². The summed E-state index contributed by atoms with van der Waals surface area (Å²) >= 11 is 0. The summed E-state index contributed by atoms with van der Waals surface area (Å²) < 4.78 is 52.7. The summed E-state index contributed by atoms with van der Waals surface area (Å²) in [5.41, 5.74) is -1.18. The SMILES string of the molecule is CCOC(=O)C(=CNc1ccc(C(F)(F)F)c(OC)c1)C(=O)OCC. The van der Waals surface area contributed by atoms with Crippen molar-refractivity contribution in [1.82, 2.24) is 0 Å². The normalized spacial score (nSPS) is 10.6. The number of halogens is 3. The van der Waals surface area contributed by atoms with Gasteiger partial charge in [-0.05, 0) is 26.0 Å². The molecule has 0 amide bonds. The quantitative estimate of drug-likeness (QED) is 0.348. The number of nitrogens with one attached hydrogen (secondary N) is 1. The number of hydrogen-bond donors (Lipinski definition) is 1. The van der Waals surface area contributed by atoms with Crippen LogP contribution in [-0.2, 0) is 25.2 Å². The number of carbonyl (C=O) groups is 2. The molecule has 0 unspecified atom stereocenters. The van der Waals surface area contributed by atoms with Gasteiger partial charge in [0.25, 0.3) is 0 Å². The average Bonchev–Trinajstić information content (AvgIpc) is 2.54. The zero-order valence-corrected chi connectivity index (χ0v) is 13.9. The van der Waals surface area contributed by atoms with Crippen LogP contribution in [0.15, 0.2) is 30.0 Å². The number of benzene rings is 1. The molecule has 0 aliphatic heterocycles. The molecule has 1 N–H and O–H groups in total. The van der Waals surface area contributed by atoms with Crippen LogP contribution in [0.3, 0.4) is 0 Å². The molecule has 0 radical (unpaired) electrons. The van der Waals surface area contributed by atoms with Crippen molar-refractivity contribution in [3.63, 3.8) is 0 Å². The molecule has 0 saturated heterocycles. The van der Waals surface area contributed by atoms with Crippen LogP contribution in [0.25, 0.3) is 0 Å². The molecular weight excluding hydrogens is 343 g/mol. The monoisotopic (exact) mass is 361 g/mol.